The average Bonchev–Trinajstić information content (AvgIpc) is 2.99. The van der Waals surface area contributed by atoms with Gasteiger partial charge in [-0.25, -0.2) is 4.79 Å². The number of urea groups is 1. The fraction of sp³-hybridized carbons (Fsp3) is 0.250. The molecule has 0 aliphatic heterocycles. The van der Waals surface area contributed by atoms with Gasteiger partial charge in [-0.1, -0.05) is 30.3 Å². The van der Waals surface area contributed by atoms with E-state index in [2.05, 4.69) is 10.6 Å². The van der Waals surface area contributed by atoms with E-state index >= 15 is 0 Å². The van der Waals surface area contributed by atoms with Crippen molar-refractivity contribution in [2.24, 2.45) is 0 Å². The number of nitrogens with one attached hydrogen (secondary N) is 3. The molecule has 0 aliphatic rings. The van der Waals surface area contributed by atoms with Crippen LogP contribution in [0.2, 0.25) is 0 Å². The molecular formula is C16H20N3O3+. The summed E-state index contributed by atoms with van der Waals surface area (Å²) >= 11 is 0. The van der Waals surface area contributed by atoms with Gasteiger partial charge in [0.25, 0.3) is 5.91 Å². The lowest BCUT2D eigenvalue weighted by Gasteiger charge is -2.13. The molecule has 2 aromatic rings. The molecule has 3 N–H and O–H groups in total. The molecule has 0 saturated carbocycles. The second-order valence-electron chi connectivity index (χ2n) is 5.11. The SMILES string of the molecule is C[NH+](CC(=O)NC(=O)NCc1ccco1)Cc1ccccc1. The zero-order valence-electron chi connectivity index (χ0n) is 12.5. The smallest absolute Gasteiger partial charge is 0.321 e. The molecule has 0 fully saturated rings. The van der Waals surface area contributed by atoms with E-state index in [1.807, 2.05) is 37.4 Å². The third-order valence-corrected chi connectivity index (χ3v) is 3.07. The summed E-state index contributed by atoms with van der Waals surface area (Å²) in [6, 6.07) is 12.9. The number of hydrogen-bond donors (Lipinski definition) is 3. The Labute approximate surface area is 129 Å². The number of benzene rings is 1. The van der Waals surface area contributed by atoms with Gasteiger partial charge < -0.3 is 14.6 Å². The van der Waals surface area contributed by atoms with E-state index in [0.29, 0.717) is 5.76 Å². The Kier molecular flexibility index (Phi) is 5.73. The van der Waals surface area contributed by atoms with E-state index in [0.717, 1.165) is 17.0 Å². The van der Waals surface area contributed by atoms with E-state index in [-0.39, 0.29) is 19.0 Å². The fourth-order valence-corrected chi connectivity index (χ4v) is 2.08. The van der Waals surface area contributed by atoms with Crippen LogP contribution in [0.3, 0.4) is 0 Å². The number of carbonyl (C=O) groups is 2. The zero-order valence-corrected chi connectivity index (χ0v) is 12.5. The molecular weight excluding hydrogens is 282 g/mol. The van der Waals surface area contributed by atoms with Crippen LogP contribution in [0.25, 0.3) is 0 Å². The van der Waals surface area contributed by atoms with Gasteiger partial charge in [0, 0.05) is 5.56 Å². The Morgan fingerprint density at radius 1 is 1.14 bits per heavy atom. The molecule has 1 atom stereocenters. The van der Waals surface area contributed by atoms with Crippen LogP contribution in [0.15, 0.2) is 53.1 Å². The fourth-order valence-electron chi connectivity index (χ4n) is 2.08. The Bertz CT molecular complexity index is 596. The third-order valence-electron chi connectivity index (χ3n) is 3.07. The van der Waals surface area contributed by atoms with Crippen LogP contribution >= 0.6 is 0 Å². The normalized spacial score (nSPS) is 11.7. The first-order chi connectivity index (χ1) is 10.6. The lowest BCUT2D eigenvalue weighted by Crippen LogP contribution is -3.09. The van der Waals surface area contributed by atoms with Crippen LogP contribution in [-0.4, -0.2) is 25.5 Å². The Morgan fingerprint density at radius 2 is 1.91 bits per heavy atom. The zero-order chi connectivity index (χ0) is 15.8. The maximum atomic E-state index is 11.8. The highest BCUT2D eigenvalue weighted by Gasteiger charge is 2.13. The maximum absolute atomic E-state index is 11.8. The number of amides is 3. The quantitative estimate of drug-likeness (QED) is 0.719. The van der Waals surface area contributed by atoms with Crippen molar-refractivity contribution in [3.05, 3.63) is 60.1 Å². The molecule has 0 aliphatic carbocycles. The van der Waals surface area contributed by atoms with E-state index < -0.39 is 6.03 Å². The molecule has 0 spiro atoms. The molecule has 2 rings (SSSR count). The highest BCUT2D eigenvalue weighted by molar-refractivity contribution is 5.94. The molecule has 3 amide bonds. The van der Waals surface area contributed by atoms with Gasteiger partial charge >= 0.3 is 6.03 Å². The van der Waals surface area contributed by atoms with Crippen molar-refractivity contribution in [3.63, 3.8) is 0 Å². The van der Waals surface area contributed by atoms with Crippen molar-refractivity contribution in [1.29, 1.82) is 0 Å². The molecule has 22 heavy (non-hydrogen) atoms. The molecule has 1 unspecified atom stereocenters. The van der Waals surface area contributed by atoms with Gasteiger partial charge in [-0.2, -0.15) is 0 Å². The molecule has 0 saturated heterocycles. The van der Waals surface area contributed by atoms with Crippen molar-refractivity contribution in [2.75, 3.05) is 13.6 Å². The molecule has 1 aromatic heterocycles. The van der Waals surface area contributed by atoms with Crippen molar-refractivity contribution >= 4 is 11.9 Å². The van der Waals surface area contributed by atoms with E-state index in [1.54, 1.807) is 12.1 Å². The summed E-state index contributed by atoms with van der Waals surface area (Å²) in [7, 11) is 1.91. The number of likely N-dealkylation sites (N-methyl/N-ethyl adjacent to an activating group) is 1. The van der Waals surface area contributed by atoms with Crippen molar-refractivity contribution in [2.45, 2.75) is 13.1 Å². The Morgan fingerprint density at radius 3 is 2.59 bits per heavy atom. The number of quaternary nitrogens is 1. The highest BCUT2D eigenvalue weighted by Crippen LogP contribution is 1.98. The second kappa shape index (κ2) is 7.99. The van der Waals surface area contributed by atoms with Gasteiger partial charge in [-0.05, 0) is 12.1 Å². The Balaban J connectivity index is 1.69. The van der Waals surface area contributed by atoms with E-state index in [4.69, 9.17) is 4.42 Å². The van der Waals surface area contributed by atoms with Crippen molar-refractivity contribution < 1.29 is 18.9 Å². The van der Waals surface area contributed by atoms with E-state index in [1.165, 1.54) is 6.26 Å². The molecule has 6 nitrogen and oxygen atoms in total. The minimum atomic E-state index is -0.520. The van der Waals surface area contributed by atoms with Crippen LogP contribution in [0, 0.1) is 0 Å². The first-order valence-corrected chi connectivity index (χ1v) is 7.09. The predicted octanol–water partition coefficient (Wildman–Crippen LogP) is 0.320. The molecule has 0 radical (unpaired) electrons. The number of furan rings is 1. The summed E-state index contributed by atoms with van der Waals surface area (Å²) in [5.41, 5.74) is 1.15. The topological polar surface area (TPSA) is 75.8 Å². The summed E-state index contributed by atoms with van der Waals surface area (Å²) in [6.45, 7) is 1.20. The molecule has 116 valence electrons. The summed E-state index contributed by atoms with van der Waals surface area (Å²) in [4.78, 5) is 24.4. The first-order valence-electron chi connectivity index (χ1n) is 7.09. The first kappa shape index (κ1) is 15.8. The number of imide groups is 1. The summed E-state index contributed by atoms with van der Waals surface area (Å²) in [6.07, 6.45) is 1.53. The number of rotatable bonds is 6. The molecule has 6 heteroatoms. The van der Waals surface area contributed by atoms with Crippen LogP contribution < -0.4 is 15.5 Å². The summed E-state index contributed by atoms with van der Waals surface area (Å²) < 4.78 is 5.09. The monoisotopic (exact) mass is 302 g/mol. The van der Waals surface area contributed by atoms with Gasteiger partial charge in [0.1, 0.15) is 12.3 Å². The minimum absolute atomic E-state index is 0.225. The standard InChI is InChI=1S/C16H19N3O3/c1-19(11-13-6-3-2-4-7-13)12-15(20)18-16(21)17-10-14-8-5-9-22-14/h2-9H,10-12H2,1H3,(H2,17,18,20,21)/p+1. The lowest BCUT2D eigenvalue weighted by molar-refractivity contribution is -0.885. The van der Waals surface area contributed by atoms with Crippen LogP contribution in [0.4, 0.5) is 4.79 Å². The molecule has 0 bridgehead atoms. The highest BCUT2D eigenvalue weighted by atomic mass is 16.3. The largest absolute Gasteiger partial charge is 0.467 e. The van der Waals surface area contributed by atoms with Crippen LogP contribution in [0.5, 0.6) is 0 Å². The van der Waals surface area contributed by atoms with Gasteiger partial charge in [0.15, 0.2) is 6.54 Å². The number of carbonyl (C=O) groups excluding carboxylic acids is 2. The summed E-state index contributed by atoms with van der Waals surface area (Å²) in [5, 5.41) is 4.87. The number of hydrogen-bond acceptors (Lipinski definition) is 3. The second-order valence-corrected chi connectivity index (χ2v) is 5.11. The van der Waals surface area contributed by atoms with Crippen LogP contribution in [-0.2, 0) is 17.9 Å². The predicted molar refractivity (Wildman–Crippen MR) is 81.0 cm³/mol. The van der Waals surface area contributed by atoms with Gasteiger partial charge in [0.05, 0.1) is 19.9 Å². The summed E-state index contributed by atoms with van der Waals surface area (Å²) in [5.74, 6) is 0.319. The van der Waals surface area contributed by atoms with Crippen molar-refractivity contribution in [1.82, 2.24) is 10.6 Å². The van der Waals surface area contributed by atoms with Gasteiger partial charge in [0.2, 0.25) is 0 Å². The van der Waals surface area contributed by atoms with Gasteiger partial charge in [-0.3, -0.25) is 10.1 Å². The van der Waals surface area contributed by atoms with E-state index in [9.17, 15) is 9.59 Å². The molecule has 1 aromatic carbocycles. The third kappa shape index (κ3) is 5.41. The van der Waals surface area contributed by atoms with Crippen molar-refractivity contribution in [3.8, 4) is 0 Å². The lowest BCUT2D eigenvalue weighted by atomic mass is 10.2. The molecule has 1 heterocycles. The van der Waals surface area contributed by atoms with Crippen LogP contribution in [0.1, 0.15) is 11.3 Å². The average molecular weight is 302 g/mol. The minimum Gasteiger partial charge on any atom is -0.467 e. The van der Waals surface area contributed by atoms with Gasteiger partial charge in [-0.15, -0.1) is 0 Å². The Hall–Kier alpha value is -2.60. The maximum Gasteiger partial charge on any atom is 0.321 e.